The zero-order valence-electron chi connectivity index (χ0n) is 39.8. The van der Waals surface area contributed by atoms with Crippen molar-refractivity contribution in [2.24, 2.45) is 0 Å². The number of amides is 2. The Balaban J connectivity index is 0.749. The minimum Gasteiger partial charge on any atom is -0.491 e. The molecular formula is C50H74N2O16. The number of hydrogen-bond acceptors (Lipinski definition) is 16. The van der Waals surface area contributed by atoms with E-state index >= 15 is 0 Å². The lowest BCUT2D eigenvalue weighted by molar-refractivity contribution is -0.114. The molecule has 0 heterocycles. The average molecular weight is 959 g/mol. The first-order valence-corrected chi connectivity index (χ1v) is 23.6. The quantitative estimate of drug-likeness (QED) is 0.0708. The van der Waals surface area contributed by atoms with Gasteiger partial charge in [-0.3, -0.25) is 4.79 Å². The molecule has 18 heteroatoms. The molecule has 0 unspecified atom stereocenters. The van der Waals surface area contributed by atoms with Crippen LogP contribution in [0.4, 0.5) is 10.5 Å². The third-order valence-electron chi connectivity index (χ3n) is 9.84. The van der Waals surface area contributed by atoms with E-state index in [1.807, 2.05) is 24.3 Å². The Morgan fingerprint density at radius 1 is 0.426 bits per heavy atom. The fourth-order valence-corrected chi connectivity index (χ4v) is 6.59. The lowest BCUT2D eigenvalue weighted by atomic mass is 9.98. The molecule has 380 valence electrons. The second-order valence-corrected chi connectivity index (χ2v) is 15.0. The standard InChI is InChI=1S/C50H74N2O16/c1-42(53)52-43-11-13-44(14-12-43)67-40-39-66-38-37-65-36-35-64-34-33-63-32-31-62-30-29-61-28-27-60-26-25-59-24-23-58-22-21-57-20-19-56-18-17-55-16-6-15-51-50(54)68-41-49-47-9-4-2-7-45(47)46-8-3-5-10-48(46)49/h2-5,7-14,49H,6,15-41H2,1H3,(H,51,54)(H,52,53). The van der Waals surface area contributed by atoms with Gasteiger partial charge in [0, 0.05) is 31.7 Å². The van der Waals surface area contributed by atoms with Gasteiger partial charge in [0.25, 0.3) is 0 Å². The maximum atomic E-state index is 12.3. The SMILES string of the molecule is CC(=O)Nc1ccc(OCCOCCOCCOCCOCCOCCOCCOCCOCCOCCOCCOCCOCCCNC(=O)OCC2c3ccccc3-c3ccccc32)cc1. The van der Waals surface area contributed by atoms with Gasteiger partial charge in [-0.25, -0.2) is 4.79 Å². The highest BCUT2D eigenvalue weighted by molar-refractivity contribution is 5.88. The number of nitrogens with one attached hydrogen (secondary N) is 2. The maximum absolute atomic E-state index is 12.3. The predicted octanol–water partition coefficient (Wildman–Crippen LogP) is 5.15. The van der Waals surface area contributed by atoms with Crippen LogP contribution in [0.15, 0.2) is 72.8 Å². The fraction of sp³-hybridized carbons (Fsp3) is 0.600. The molecule has 1 aliphatic carbocycles. The van der Waals surface area contributed by atoms with Gasteiger partial charge < -0.3 is 76.9 Å². The van der Waals surface area contributed by atoms with Crippen LogP contribution in [0.3, 0.4) is 0 Å². The topological polar surface area (TPSA) is 187 Å². The van der Waals surface area contributed by atoms with Crippen LogP contribution in [0, 0.1) is 0 Å². The first kappa shape index (κ1) is 56.3. The molecule has 0 fully saturated rings. The van der Waals surface area contributed by atoms with E-state index in [1.54, 1.807) is 24.3 Å². The number of carbonyl (C=O) groups excluding carboxylic acids is 2. The first-order valence-electron chi connectivity index (χ1n) is 23.6. The highest BCUT2D eigenvalue weighted by atomic mass is 16.6. The summed E-state index contributed by atoms with van der Waals surface area (Å²) >= 11 is 0. The van der Waals surface area contributed by atoms with Gasteiger partial charge in [0.2, 0.25) is 5.91 Å². The lowest BCUT2D eigenvalue weighted by Gasteiger charge is -2.14. The molecule has 0 spiro atoms. The number of benzene rings is 3. The van der Waals surface area contributed by atoms with Crippen molar-refractivity contribution < 1.29 is 75.9 Å². The van der Waals surface area contributed by atoms with Crippen molar-refractivity contribution in [2.75, 3.05) is 184 Å². The van der Waals surface area contributed by atoms with Crippen molar-refractivity contribution >= 4 is 17.7 Å². The predicted molar refractivity (Wildman–Crippen MR) is 254 cm³/mol. The Morgan fingerprint density at radius 2 is 0.765 bits per heavy atom. The Bertz CT molecular complexity index is 1680. The maximum Gasteiger partial charge on any atom is 0.407 e. The van der Waals surface area contributed by atoms with Gasteiger partial charge in [-0.2, -0.15) is 0 Å². The molecule has 68 heavy (non-hydrogen) atoms. The van der Waals surface area contributed by atoms with Crippen LogP contribution in [-0.4, -0.2) is 190 Å². The minimum absolute atomic E-state index is 0.0435. The molecule has 0 atom stereocenters. The second kappa shape index (κ2) is 38.6. The molecule has 2 N–H and O–H groups in total. The van der Waals surface area contributed by atoms with E-state index in [0.717, 1.165) is 5.69 Å². The highest BCUT2D eigenvalue weighted by Crippen LogP contribution is 2.44. The summed E-state index contributed by atoms with van der Waals surface area (Å²) in [6.45, 7) is 14.2. The molecule has 0 saturated carbocycles. The van der Waals surface area contributed by atoms with Gasteiger partial charge in [0.1, 0.15) is 19.0 Å². The van der Waals surface area contributed by atoms with Gasteiger partial charge >= 0.3 is 6.09 Å². The average Bonchev–Trinajstić information content (AvgIpc) is 3.67. The number of carbonyl (C=O) groups is 2. The third-order valence-corrected chi connectivity index (χ3v) is 9.84. The molecule has 0 aromatic heterocycles. The van der Waals surface area contributed by atoms with E-state index in [1.165, 1.54) is 29.2 Å². The van der Waals surface area contributed by atoms with Crippen molar-refractivity contribution in [3.8, 4) is 16.9 Å². The molecule has 0 saturated heterocycles. The highest BCUT2D eigenvalue weighted by Gasteiger charge is 2.29. The molecule has 3 aromatic carbocycles. The van der Waals surface area contributed by atoms with E-state index in [4.69, 9.17) is 66.3 Å². The monoisotopic (exact) mass is 959 g/mol. The summed E-state index contributed by atoms with van der Waals surface area (Å²) in [7, 11) is 0. The van der Waals surface area contributed by atoms with E-state index in [-0.39, 0.29) is 11.8 Å². The summed E-state index contributed by atoms with van der Waals surface area (Å²) < 4.78 is 77.5. The summed E-state index contributed by atoms with van der Waals surface area (Å²) in [4.78, 5) is 23.4. The molecular weight excluding hydrogens is 885 g/mol. The van der Waals surface area contributed by atoms with Crippen LogP contribution in [0.25, 0.3) is 11.1 Å². The minimum atomic E-state index is -0.420. The number of anilines is 1. The van der Waals surface area contributed by atoms with Gasteiger partial charge in [0.05, 0.1) is 152 Å². The molecule has 18 nitrogen and oxygen atoms in total. The fourth-order valence-electron chi connectivity index (χ4n) is 6.59. The van der Waals surface area contributed by atoms with Gasteiger partial charge in [-0.15, -0.1) is 0 Å². The number of fused-ring (bicyclic) bond motifs is 3. The summed E-state index contributed by atoms with van der Waals surface area (Å²) in [5.41, 5.74) is 5.52. The van der Waals surface area contributed by atoms with E-state index < -0.39 is 6.09 Å². The molecule has 0 aliphatic heterocycles. The normalized spacial score (nSPS) is 12.0. The van der Waals surface area contributed by atoms with Crippen molar-refractivity contribution in [1.82, 2.24) is 5.32 Å². The van der Waals surface area contributed by atoms with Gasteiger partial charge in [0.15, 0.2) is 0 Å². The number of ether oxygens (including phenoxy) is 14. The molecule has 0 radical (unpaired) electrons. The van der Waals surface area contributed by atoms with Crippen molar-refractivity contribution in [2.45, 2.75) is 19.3 Å². The molecule has 3 aromatic rings. The number of hydrogen-bond donors (Lipinski definition) is 2. The Kier molecular flexibility index (Phi) is 31.9. The van der Waals surface area contributed by atoms with E-state index in [9.17, 15) is 9.59 Å². The van der Waals surface area contributed by atoms with Crippen LogP contribution >= 0.6 is 0 Å². The van der Waals surface area contributed by atoms with E-state index in [0.29, 0.717) is 190 Å². The van der Waals surface area contributed by atoms with E-state index in [2.05, 4.69) is 34.9 Å². The molecule has 1 aliphatic rings. The van der Waals surface area contributed by atoms with Crippen LogP contribution in [-0.2, 0) is 66.4 Å². The zero-order valence-corrected chi connectivity index (χ0v) is 39.8. The Hall–Kier alpha value is -4.28. The largest absolute Gasteiger partial charge is 0.491 e. The smallest absolute Gasteiger partial charge is 0.407 e. The summed E-state index contributed by atoms with van der Waals surface area (Å²) in [5.74, 6) is 0.643. The summed E-state index contributed by atoms with van der Waals surface area (Å²) in [5, 5.41) is 5.52. The number of alkyl carbamates (subject to hydrolysis) is 1. The Morgan fingerprint density at radius 3 is 1.13 bits per heavy atom. The molecule has 4 rings (SSSR count). The first-order chi connectivity index (χ1) is 33.6. The zero-order chi connectivity index (χ0) is 47.8. The molecule has 0 bridgehead atoms. The van der Waals surface area contributed by atoms with Crippen molar-refractivity contribution in [3.05, 3.63) is 83.9 Å². The third kappa shape index (κ3) is 26.5. The lowest BCUT2D eigenvalue weighted by Crippen LogP contribution is -2.27. The van der Waals surface area contributed by atoms with Crippen molar-refractivity contribution in [1.29, 1.82) is 0 Å². The summed E-state index contributed by atoms with van der Waals surface area (Å²) in [6.07, 6.45) is 0.258. The van der Waals surface area contributed by atoms with Gasteiger partial charge in [-0.05, 0) is 52.9 Å². The molecule has 2 amide bonds. The second-order valence-electron chi connectivity index (χ2n) is 15.0. The van der Waals surface area contributed by atoms with Crippen LogP contribution in [0.5, 0.6) is 5.75 Å². The van der Waals surface area contributed by atoms with Gasteiger partial charge in [-0.1, -0.05) is 48.5 Å². The van der Waals surface area contributed by atoms with Crippen LogP contribution in [0.2, 0.25) is 0 Å². The van der Waals surface area contributed by atoms with Crippen LogP contribution in [0.1, 0.15) is 30.4 Å². The van der Waals surface area contributed by atoms with Crippen LogP contribution < -0.4 is 15.4 Å². The van der Waals surface area contributed by atoms with Crippen molar-refractivity contribution in [3.63, 3.8) is 0 Å². The number of rotatable bonds is 44. The Labute approximate surface area is 401 Å². The summed E-state index contributed by atoms with van der Waals surface area (Å²) in [6, 6.07) is 23.7.